The number of nitro benzene ring substituents is 1. The van der Waals surface area contributed by atoms with E-state index in [0.29, 0.717) is 11.3 Å². The van der Waals surface area contributed by atoms with Gasteiger partial charge in [-0.2, -0.15) is 5.10 Å². The average Bonchev–Trinajstić information content (AvgIpc) is 2.57. The molecule has 0 aliphatic heterocycles. The summed E-state index contributed by atoms with van der Waals surface area (Å²) in [5, 5.41) is 14.8. The van der Waals surface area contributed by atoms with Gasteiger partial charge in [-0.1, -0.05) is 24.3 Å². The van der Waals surface area contributed by atoms with Gasteiger partial charge in [0.1, 0.15) is 5.75 Å². The van der Waals surface area contributed by atoms with Crippen molar-refractivity contribution in [1.82, 2.24) is 5.43 Å². The van der Waals surface area contributed by atoms with Crippen molar-refractivity contribution in [3.63, 3.8) is 0 Å². The molecule has 0 saturated heterocycles. The minimum Gasteiger partial charge on any atom is -0.449 e. The number of hydrazone groups is 1. The number of carbonyl (C=O) groups excluding carboxylic acids is 1. The number of hydrogen-bond donors (Lipinski definition) is 1. The molecule has 1 amide bonds. The molecule has 0 unspecified atom stereocenters. The lowest BCUT2D eigenvalue weighted by molar-refractivity contribution is -0.385. The van der Waals surface area contributed by atoms with Crippen LogP contribution in [0.3, 0.4) is 0 Å². The van der Waals surface area contributed by atoms with Gasteiger partial charge in [0.2, 0.25) is 5.75 Å². The Morgan fingerprint density at radius 1 is 1.21 bits per heavy atom. The summed E-state index contributed by atoms with van der Waals surface area (Å²) in [6.45, 7) is 1.91. The fraction of sp³-hybridized carbons (Fsp3) is 0.125. The molecule has 0 heterocycles. The summed E-state index contributed by atoms with van der Waals surface area (Å²) in [4.78, 5) is 21.7. The number of nitro groups is 1. The van der Waals surface area contributed by atoms with Gasteiger partial charge in [-0.05, 0) is 25.1 Å². The van der Waals surface area contributed by atoms with Crippen LogP contribution in [-0.2, 0) is 4.74 Å². The molecule has 0 atom stereocenters. The molecule has 2 rings (SSSR count). The van der Waals surface area contributed by atoms with Crippen LogP contribution in [0.4, 0.5) is 10.5 Å². The second kappa shape index (κ2) is 8.28. The zero-order valence-corrected chi connectivity index (χ0v) is 12.8. The highest BCUT2D eigenvalue weighted by Crippen LogP contribution is 2.31. The third-order valence-electron chi connectivity index (χ3n) is 2.84. The minimum atomic E-state index is -0.675. The molecule has 0 aliphatic rings. The van der Waals surface area contributed by atoms with Crippen molar-refractivity contribution in [1.29, 1.82) is 0 Å². The van der Waals surface area contributed by atoms with E-state index in [1.54, 1.807) is 43.3 Å². The number of amides is 1. The van der Waals surface area contributed by atoms with Crippen molar-refractivity contribution in [2.45, 2.75) is 6.92 Å². The van der Waals surface area contributed by atoms with Gasteiger partial charge >= 0.3 is 11.8 Å². The van der Waals surface area contributed by atoms with E-state index < -0.39 is 11.0 Å². The molecule has 0 aliphatic carbocycles. The van der Waals surface area contributed by atoms with Crippen LogP contribution in [0.25, 0.3) is 0 Å². The summed E-state index contributed by atoms with van der Waals surface area (Å²) in [5.74, 6) is 0.475. The average molecular weight is 329 g/mol. The quantitative estimate of drug-likeness (QED) is 0.496. The summed E-state index contributed by atoms with van der Waals surface area (Å²) in [6.07, 6.45) is 0.687. The second-order valence-electron chi connectivity index (χ2n) is 4.46. The van der Waals surface area contributed by atoms with Crippen LogP contribution in [0.2, 0.25) is 0 Å². The van der Waals surface area contributed by atoms with E-state index in [2.05, 4.69) is 15.3 Å². The first-order chi connectivity index (χ1) is 11.6. The first-order valence-electron chi connectivity index (χ1n) is 7.08. The summed E-state index contributed by atoms with van der Waals surface area (Å²) in [6, 6.07) is 12.9. The maximum atomic E-state index is 11.2. The maximum absolute atomic E-state index is 11.2. The van der Waals surface area contributed by atoms with E-state index in [-0.39, 0.29) is 18.0 Å². The van der Waals surface area contributed by atoms with E-state index in [4.69, 9.17) is 4.74 Å². The smallest absolute Gasteiger partial charge is 0.427 e. The highest BCUT2D eigenvalue weighted by molar-refractivity contribution is 5.84. The van der Waals surface area contributed by atoms with Crippen LogP contribution in [0.5, 0.6) is 11.5 Å². The van der Waals surface area contributed by atoms with Crippen molar-refractivity contribution in [2.75, 3.05) is 6.61 Å². The molecule has 8 heteroatoms. The van der Waals surface area contributed by atoms with Crippen molar-refractivity contribution >= 4 is 18.0 Å². The van der Waals surface area contributed by atoms with Crippen molar-refractivity contribution in [2.24, 2.45) is 5.10 Å². The van der Waals surface area contributed by atoms with Gasteiger partial charge in [-0.15, -0.1) is 0 Å². The van der Waals surface area contributed by atoms with Crippen molar-refractivity contribution < 1.29 is 19.2 Å². The summed E-state index contributed by atoms with van der Waals surface area (Å²) >= 11 is 0. The maximum Gasteiger partial charge on any atom is 0.427 e. The molecule has 0 spiro atoms. The molecule has 0 fully saturated rings. The molecule has 24 heavy (non-hydrogen) atoms. The molecule has 0 bridgehead atoms. The van der Waals surface area contributed by atoms with E-state index in [1.807, 2.05) is 0 Å². The number of hydrogen-bond acceptors (Lipinski definition) is 6. The number of para-hydroxylation sites is 3. The SMILES string of the molecule is CCOC(=O)NN=Cc1ccccc1Oc1ccccc1[N+](=O)[O-]. The van der Waals surface area contributed by atoms with Crippen LogP contribution in [0, 0.1) is 10.1 Å². The zero-order valence-electron chi connectivity index (χ0n) is 12.8. The Bertz CT molecular complexity index is 761. The molecule has 8 nitrogen and oxygen atoms in total. The number of carbonyl (C=O) groups is 1. The highest BCUT2D eigenvalue weighted by atomic mass is 16.6. The van der Waals surface area contributed by atoms with Crippen LogP contribution in [-0.4, -0.2) is 23.8 Å². The van der Waals surface area contributed by atoms with E-state index in [9.17, 15) is 14.9 Å². The summed E-state index contributed by atoms with van der Waals surface area (Å²) < 4.78 is 10.3. The Morgan fingerprint density at radius 3 is 2.58 bits per heavy atom. The Morgan fingerprint density at radius 2 is 1.88 bits per heavy atom. The van der Waals surface area contributed by atoms with E-state index >= 15 is 0 Å². The van der Waals surface area contributed by atoms with Gasteiger partial charge < -0.3 is 9.47 Å². The second-order valence-corrected chi connectivity index (χ2v) is 4.46. The Labute approximate surface area is 137 Å². The fourth-order valence-electron chi connectivity index (χ4n) is 1.81. The number of rotatable bonds is 6. The molecule has 1 N–H and O–H groups in total. The molecule has 0 saturated carbocycles. The number of nitrogens with zero attached hydrogens (tertiary/aromatic N) is 2. The Hall–Kier alpha value is -3.42. The number of benzene rings is 2. The van der Waals surface area contributed by atoms with E-state index in [1.165, 1.54) is 18.3 Å². The molecular weight excluding hydrogens is 314 g/mol. The minimum absolute atomic E-state index is 0.113. The first kappa shape index (κ1) is 16.9. The van der Waals surface area contributed by atoms with Gasteiger partial charge in [0.25, 0.3) is 0 Å². The summed E-state index contributed by atoms with van der Waals surface area (Å²) in [5.41, 5.74) is 2.59. The predicted molar refractivity (Wildman–Crippen MR) is 87.4 cm³/mol. The van der Waals surface area contributed by atoms with E-state index in [0.717, 1.165) is 0 Å². The highest BCUT2D eigenvalue weighted by Gasteiger charge is 2.15. The van der Waals surface area contributed by atoms with Crippen molar-refractivity contribution in [3.05, 3.63) is 64.2 Å². The fourth-order valence-corrected chi connectivity index (χ4v) is 1.81. The molecule has 0 aromatic heterocycles. The lowest BCUT2D eigenvalue weighted by Crippen LogP contribution is -2.18. The molecule has 2 aromatic rings. The Balaban J connectivity index is 2.19. The first-order valence-corrected chi connectivity index (χ1v) is 7.08. The monoisotopic (exact) mass is 329 g/mol. The number of ether oxygens (including phenoxy) is 2. The van der Waals surface area contributed by atoms with Crippen molar-refractivity contribution in [3.8, 4) is 11.5 Å². The molecule has 2 aromatic carbocycles. The molecule has 124 valence electrons. The number of nitrogens with one attached hydrogen (secondary N) is 1. The lowest BCUT2D eigenvalue weighted by atomic mass is 10.2. The van der Waals surface area contributed by atoms with Gasteiger partial charge in [-0.25, -0.2) is 10.2 Å². The normalized spacial score (nSPS) is 10.4. The third-order valence-corrected chi connectivity index (χ3v) is 2.84. The third kappa shape index (κ3) is 4.54. The lowest BCUT2D eigenvalue weighted by Gasteiger charge is -2.08. The van der Waals surface area contributed by atoms with Gasteiger partial charge in [0.05, 0.1) is 17.7 Å². The molecule has 0 radical (unpaired) electrons. The zero-order chi connectivity index (χ0) is 17.4. The standard InChI is InChI=1S/C16H15N3O5/c1-2-23-16(20)18-17-11-12-7-3-5-9-14(12)24-15-10-6-4-8-13(15)19(21)22/h3-11H,2H2,1H3,(H,18,20). The topological polar surface area (TPSA) is 103 Å². The largest absolute Gasteiger partial charge is 0.449 e. The predicted octanol–water partition coefficient (Wildman–Crippen LogP) is 3.47. The van der Waals surface area contributed by atoms with Crippen LogP contribution < -0.4 is 10.2 Å². The van der Waals surface area contributed by atoms with Crippen LogP contribution >= 0.6 is 0 Å². The van der Waals surface area contributed by atoms with Gasteiger partial charge in [-0.3, -0.25) is 10.1 Å². The molecular formula is C16H15N3O5. The Kier molecular flexibility index (Phi) is 5.84. The summed E-state index contributed by atoms with van der Waals surface area (Å²) in [7, 11) is 0. The van der Waals surface area contributed by atoms with Gasteiger partial charge in [0.15, 0.2) is 0 Å². The van der Waals surface area contributed by atoms with Crippen LogP contribution in [0.15, 0.2) is 53.6 Å². The van der Waals surface area contributed by atoms with Gasteiger partial charge in [0, 0.05) is 11.6 Å². The van der Waals surface area contributed by atoms with Crippen LogP contribution in [0.1, 0.15) is 12.5 Å².